The minimum atomic E-state index is -0.0179. The molecule has 0 bridgehead atoms. The Bertz CT molecular complexity index is 2570. The molecule has 8 aromatic rings. The monoisotopic (exact) mass is 638 g/mol. The van der Waals surface area contributed by atoms with Crippen LogP contribution in [0, 0.1) is 0 Å². The highest BCUT2D eigenvalue weighted by Gasteiger charge is 2.36. The molecular weight excluding hydrogens is 601 g/mol. The Hall–Kier alpha value is -5.72. The molecule has 0 nitrogen and oxygen atoms in total. The summed E-state index contributed by atoms with van der Waals surface area (Å²) in [5.41, 5.74) is 18.5. The average Bonchev–Trinajstić information content (AvgIpc) is 3.53. The van der Waals surface area contributed by atoms with E-state index >= 15 is 0 Å². The number of rotatable bonds is 3. The SMILES string of the molecule is CC1(C)c2ccccc2-c2cc(-c3cc(-c4ccc5c(c4)-c4ccccc4C5(C)C)cc(-c4cccc5ccc6ccccc6c45)c3)ccc21. The lowest BCUT2D eigenvalue weighted by molar-refractivity contribution is 0.660. The molecule has 0 radical (unpaired) electrons. The van der Waals surface area contributed by atoms with Gasteiger partial charge in [-0.15, -0.1) is 0 Å². The zero-order valence-electron chi connectivity index (χ0n) is 29.0. The van der Waals surface area contributed by atoms with Crippen molar-refractivity contribution in [2.45, 2.75) is 38.5 Å². The second-order valence-electron chi connectivity index (χ2n) is 15.4. The summed E-state index contributed by atoms with van der Waals surface area (Å²) < 4.78 is 0. The zero-order chi connectivity index (χ0) is 33.8. The van der Waals surface area contributed by atoms with Crippen molar-refractivity contribution in [3.05, 3.63) is 180 Å². The number of fused-ring (bicyclic) bond motifs is 9. The lowest BCUT2D eigenvalue weighted by atomic mass is 9.81. The Balaban J connectivity index is 1.23. The molecule has 0 fully saturated rings. The van der Waals surface area contributed by atoms with Gasteiger partial charge in [-0.05, 0) is 130 Å². The molecule has 2 aliphatic carbocycles. The minimum absolute atomic E-state index is 0.0179. The summed E-state index contributed by atoms with van der Waals surface area (Å²) in [5, 5.41) is 5.13. The molecule has 0 amide bonds. The van der Waals surface area contributed by atoms with E-state index in [-0.39, 0.29) is 10.8 Å². The Morgan fingerprint density at radius 1 is 0.300 bits per heavy atom. The predicted molar refractivity (Wildman–Crippen MR) is 213 cm³/mol. The van der Waals surface area contributed by atoms with Gasteiger partial charge in [-0.1, -0.05) is 155 Å². The molecule has 0 unspecified atom stereocenters. The quantitative estimate of drug-likeness (QED) is 0.169. The molecule has 0 aliphatic heterocycles. The van der Waals surface area contributed by atoms with Gasteiger partial charge < -0.3 is 0 Å². The second kappa shape index (κ2) is 10.4. The standard InChI is InChI=1S/C50H38/c1-49(2)44-18-9-7-15-40(44)42-29-33(22-24-46(42)49)35-26-36(34-23-25-47-43(30-34)41-16-8-10-19-45(41)50(47,3)4)28-37(27-35)39-17-11-13-32-21-20-31-12-5-6-14-38(31)48(32)39/h5-30H,1-4H3. The Labute approximate surface area is 294 Å². The van der Waals surface area contributed by atoms with E-state index in [1.807, 2.05) is 0 Å². The normalized spacial score (nSPS) is 14.7. The molecule has 0 saturated heterocycles. The van der Waals surface area contributed by atoms with Crippen LogP contribution in [0.15, 0.2) is 158 Å². The molecule has 0 saturated carbocycles. The van der Waals surface area contributed by atoms with Crippen molar-refractivity contribution in [3.63, 3.8) is 0 Å². The van der Waals surface area contributed by atoms with Gasteiger partial charge >= 0.3 is 0 Å². The van der Waals surface area contributed by atoms with Gasteiger partial charge in [-0.2, -0.15) is 0 Å². The second-order valence-corrected chi connectivity index (χ2v) is 15.4. The van der Waals surface area contributed by atoms with Crippen LogP contribution in [0.4, 0.5) is 0 Å². The van der Waals surface area contributed by atoms with Crippen LogP contribution in [0.1, 0.15) is 49.9 Å². The maximum absolute atomic E-state index is 2.44. The Morgan fingerprint density at radius 2 is 0.760 bits per heavy atom. The van der Waals surface area contributed by atoms with Gasteiger partial charge in [0, 0.05) is 10.8 Å². The minimum Gasteiger partial charge on any atom is -0.0619 e. The van der Waals surface area contributed by atoms with Gasteiger partial charge in [-0.3, -0.25) is 0 Å². The fourth-order valence-electron chi connectivity index (χ4n) is 9.22. The number of benzene rings is 8. The van der Waals surface area contributed by atoms with Crippen LogP contribution in [0.3, 0.4) is 0 Å². The van der Waals surface area contributed by atoms with Crippen LogP contribution in [0.25, 0.3) is 77.2 Å². The van der Waals surface area contributed by atoms with Crippen molar-refractivity contribution in [2.24, 2.45) is 0 Å². The summed E-state index contributed by atoms with van der Waals surface area (Å²) in [6.07, 6.45) is 0. The lowest BCUT2D eigenvalue weighted by Crippen LogP contribution is -2.14. The van der Waals surface area contributed by atoms with Crippen LogP contribution in [0.2, 0.25) is 0 Å². The zero-order valence-corrected chi connectivity index (χ0v) is 29.0. The highest BCUT2D eigenvalue weighted by Crippen LogP contribution is 2.51. The van der Waals surface area contributed by atoms with E-state index in [4.69, 9.17) is 0 Å². The maximum atomic E-state index is 2.44. The van der Waals surface area contributed by atoms with Crippen LogP contribution in [-0.2, 0) is 10.8 Å². The van der Waals surface area contributed by atoms with Crippen LogP contribution in [-0.4, -0.2) is 0 Å². The first-order chi connectivity index (χ1) is 24.3. The summed E-state index contributed by atoms with van der Waals surface area (Å²) in [5.74, 6) is 0. The van der Waals surface area contributed by atoms with Crippen LogP contribution in [0.5, 0.6) is 0 Å². The summed E-state index contributed by atoms with van der Waals surface area (Å²) in [4.78, 5) is 0. The molecular formula is C50H38. The molecule has 0 heterocycles. The first-order valence-electron chi connectivity index (χ1n) is 17.8. The first-order valence-corrected chi connectivity index (χ1v) is 17.8. The third kappa shape index (κ3) is 4.12. The van der Waals surface area contributed by atoms with E-state index in [9.17, 15) is 0 Å². The van der Waals surface area contributed by atoms with Crippen molar-refractivity contribution in [1.29, 1.82) is 0 Å². The molecule has 10 rings (SSSR count). The highest BCUT2D eigenvalue weighted by atomic mass is 14.4. The van der Waals surface area contributed by atoms with E-state index in [0.29, 0.717) is 0 Å². The molecule has 0 N–H and O–H groups in total. The third-order valence-electron chi connectivity index (χ3n) is 11.8. The summed E-state index contributed by atoms with van der Waals surface area (Å²) in [7, 11) is 0. The molecule has 238 valence electrons. The van der Waals surface area contributed by atoms with E-state index in [1.54, 1.807) is 0 Å². The largest absolute Gasteiger partial charge is 0.0619 e. The first kappa shape index (κ1) is 29.2. The fourth-order valence-corrected chi connectivity index (χ4v) is 9.22. The van der Waals surface area contributed by atoms with E-state index in [2.05, 4.69) is 185 Å². The van der Waals surface area contributed by atoms with Crippen molar-refractivity contribution >= 4 is 21.5 Å². The van der Waals surface area contributed by atoms with Gasteiger partial charge in [0.15, 0.2) is 0 Å². The smallest absolute Gasteiger partial charge is 0.0158 e. The van der Waals surface area contributed by atoms with E-state index in [0.717, 1.165) is 0 Å². The van der Waals surface area contributed by atoms with Gasteiger partial charge in [0.1, 0.15) is 0 Å². The molecule has 50 heavy (non-hydrogen) atoms. The molecule has 0 atom stereocenters. The van der Waals surface area contributed by atoms with Crippen molar-refractivity contribution < 1.29 is 0 Å². The maximum Gasteiger partial charge on any atom is 0.0158 e. The van der Waals surface area contributed by atoms with E-state index in [1.165, 1.54) is 99.4 Å². The Morgan fingerprint density at radius 3 is 1.38 bits per heavy atom. The average molecular weight is 639 g/mol. The van der Waals surface area contributed by atoms with E-state index < -0.39 is 0 Å². The van der Waals surface area contributed by atoms with Crippen molar-refractivity contribution in [3.8, 4) is 55.6 Å². The predicted octanol–water partition coefficient (Wildman–Crippen LogP) is 13.6. The summed E-state index contributed by atoms with van der Waals surface area (Å²) >= 11 is 0. The molecule has 0 heteroatoms. The molecule has 8 aromatic carbocycles. The van der Waals surface area contributed by atoms with Crippen LogP contribution < -0.4 is 0 Å². The lowest BCUT2D eigenvalue weighted by Gasteiger charge is -2.22. The number of hydrogen-bond donors (Lipinski definition) is 0. The van der Waals surface area contributed by atoms with Gasteiger partial charge in [0.25, 0.3) is 0 Å². The Kier molecular flexibility index (Phi) is 6.07. The fraction of sp³-hybridized carbons (Fsp3) is 0.120. The van der Waals surface area contributed by atoms with Gasteiger partial charge in [0.2, 0.25) is 0 Å². The summed E-state index contributed by atoms with van der Waals surface area (Å²) in [6.45, 7) is 9.42. The van der Waals surface area contributed by atoms with Crippen LogP contribution >= 0.6 is 0 Å². The van der Waals surface area contributed by atoms with Gasteiger partial charge in [0.05, 0.1) is 0 Å². The third-order valence-corrected chi connectivity index (χ3v) is 11.8. The highest BCUT2D eigenvalue weighted by molar-refractivity contribution is 6.14. The van der Waals surface area contributed by atoms with Crippen molar-refractivity contribution in [1.82, 2.24) is 0 Å². The molecule has 0 aromatic heterocycles. The number of hydrogen-bond acceptors (Lipinski definition) is 0. The summed E-state index contributed by atoms with van der Waals surface area (Å²) in [6, 6.07) is 59.5. The van der Waals surface area contributed by atoms with Crippen molar-refractivity contribution in [2.75, 3.05) is 0 Å². The molecule has 2 aliphatic rings. The van der Waals surface area contributed by atoms with Gasteiger partial charge in [-0.25, -0.2) is 0 Å². The molecule has 0 spiro atoms. The topological polar surface area (TPSA) is 0 Å².